The molecule has 132 valence electrons. The lowest BCUT2D eigenvalue weighted by Crippen LogP contribution is -2.38. The molecule has 24 heavy (non-hydrogen) atoms. The standard InChI is InChI=1S/C18H27N3O3/c1-18(2,3)24-17(23)21(12-13-22)11-5-7-15-9-8-14-6-4-10-19-16(14)20-15/h8-9,13H,4-7,10-12H2,1-3H3,(H,19,20). The van der Waals surface area contributed by atoms with Crippen LogP contribution in [0.1, 0.15) is 44.9 Å². The molecule has 0 bridgehead atoms. The van der Waals surface area contributed by atoms with Gasteiger partial charge in [0.15, 0.2) is 0 Å². The van der Waals surface area contributed by atoms with Crippen molar-refractivity contribution in [2.45, 2.75) is 52.1 Å². The van der Waals surface area contributed by atoms with Gasteiger partial charge in [0.05, 0.1) is 6.54 Å². The average molecular weight is 333 g/mol. The third kappa shape index (κ3) is 5.51. The summed E-state index contributed by atoms with van der Waals surface area (Å²) in [5, 5.41) is 3.32. The normalized spacial score (nSPS) is 13.6. The zero-order chi connectivity index (χ0) is 17.6. The van der Waals surface area contributed by atoms with Gasteiger partial charge in [-0.25, -0.2) is 9.78 Å². The Balaban J connectivity index is 1.88. The smallest absolute Gasteiger partial charge is 0.410 e. The fourth-order valence-electron chi connectivity index (χ4n) is 2.63. The minimum Gasteiger partial charge on any atom is -0.444 e. The molecule has 1 N–H and O–H groups in total. The molecule has 0 saturated heterocycles. The second kappa shape index (κ2) is 8.13. The Morgan fingerprint density at radius 2 is 2.21 bits per heavy atom. The Bertz CT molecular complexity index is 581. The highest BCUT2D eigenvalue weighted by molar-refractivity contribution is 5.71. The summed E-state index contributed by atoms with van der Waals surface area (Å²) in [5.74, 6) is 0.982. The predicted octanol–water partition coefficient (Wildman–Crippen LogP) is 2.81. The first kappa shape index (κ1) is 18.2. The third-order valence-electron chi connectivity index (χ3n) is 3.76. The number of aryl methyl sites for hydroxylation is 2. The van der Waals surface area contributed by atoms with Crippen molar-refractivity contribution in [1.82, 2.24) is 9.88 Å². The quantitative estimate of drug-likeness (QED) is 0.811. The minimum atomic E-state index is -0.566. The van der Waals surface area contributed by atoms with Crippen LogP contribution in [-0.4, -0.2) is 47.5 Å². The van der Waals surface area contributed by atoms with E-state index in [-0.39, 0.29) is 6.54 Å². The SMILES string of the molecule is CC(C)(C)OC(=O)N(CC=O)CCCc1ccc2c(n1)NCCC2. The van der Waals surface area contributed by atoms with E-state index >= 15 is 0 Å². The maximum absolute atomic E-state index is 12.1. The molecule has 6 nitrogen and oxygen atoms in total. The monoisotopic (exact) mass is 333 g/mol. The van der Waals surface area contributed by atoms with E-state index in [0.717, 1.165) is 50.0 Å². The summed E-state index contributed by atoms with van der Waals surface area (Å²) in [5.41, 5.74) is 1.70. The first-order valence-electron chi connectivity index (χ1n) is 8.53. The second-order valence-corrected chi connectivity index (χ2v) is 7.04. The van der Waals surface area contributed by atoms with E-state index in [0.29, 0.717) is 6.54 Å². The molecule has 6 heteroatoms. The first-order valence-corrected chi connectivity index (χ1v) is 8.53. The van der Waals surface area contributed by atoms with Gasteiger partial charge in [0.1, 0.15) is 17.7 Å². The van der Waals surface area contributed by atoms with Crippen molar-refractivity contribution < 1.29 is 14.3 Å². The average Bonchev–Trinajstić information content (AvgIpc) is 2.52. The van der Waals surface area contributed by atoms with E-state index in [2.05, 4.69) is 16.4 Å². The van der Waals surface area contributed by atoms with E-state index < -0.39 is 11.7 Å². The number of rotatable bonds is 6. The van der Waals surface area contributed by atoms with Crippen LogP contribution in [-0.2, 0) is 22.4 Å². The van der Waals surface area contributed by atoms with Gasteiger partial charge in [-0.15, -0.1) is 0 Å². The van der Waals surface area contributed by atoms with Crippen molar-refractivity contribution in [1.29, 1.82) is 0 Å². The molecule has 0 saturated carbocycles. The molecule has 0 aromatic carbocycles. The molecule has 0 spiro atoms. The number of pyridine rings is 1. The molecular formula is C18H27N3O3. The molecule has 0 fully saturated rings. The van der Waals surface area contributed by atoms with Crippen LogP contribution < -0.4 is 5.32 Å². The fraction of sp³-hybridized carbons (Fsp3) is 0.611. The van der Waals surface area contributed by atoms with E-state index in [1.54, 1.807) is 0 Å². The summed E-state index contributed by atoms with van der Waals surface area (Å²) in [4.78, 5) is 29.0. The number of fused-ring (bicyclic) bond motifs is 1. The second-order valence-electron chi connectivity index (χ2n) is 7.04. The molecule has 2 rings (SSSR count). The molecule has 0 aliphatic carbocycles. The summed E-state index contributed by atoms with van der Waals surface area (Å²) in [6, 6.07) is 4.17. The van der Waals surface area contributed by atoms with Crippen molar-refractivity contribution in [3.05, 3.63) is 23.4 Å². The number of nitrogens with one attached hydrogen (secondary N) is 1. The van der Waals surface area contributed by atoms with Crippen molar-refractivity contribution in [2.24, 2.45) is 0 Å². The summed E-state index contributed by atoms with van der Waals surface area (Å²) in [6.07, 6.45) is 3.98. The van der Waals surface area contributed by atoms with Crippen molar-refractivity contribution in [2.75, 3.05) is 25.0 Å². The largest absolute Gasteiger partial charge is 0.444 e. The molecule has 1 aromatic heterocycles. The van der Waals surface area contributed by atoms with Gasteiger partial charge in [0.2, 0.25) is 0 Å². The molecule has 0 atom stereocenters. The minimum absolute atomic E-state index is 0.0497. The summed E-state index contributed by atoms with van der Waals surface area (Å²) < 4.78 is 5.33. The fourth-order valence-corrected chi connectivity index (χ4v) is 2.63. The van der Waals surface area contributed by atoms with Crippen LogP contribution in [0.4, 0.5) is 10.6 Å². The van der Waals surface area contributed by atoms with Gasteiger partial charge >= 0.3 is 6.09 Å². The zero-order valence-electron chi connectivity index (χ0n) is 14.8. The Labute approximate surface area is 143 Å². The van der Waals surface area contributed by atoms with Crippen LogP contribution in [0.15, 0.2) is 12.1 Å². The van der Waals surface area contributed by atoms with Crippen molar-refractivity contribution >= 4 is 18.2 Å². The number of amides is 1. The molecule has 2 heterocycles. The molecule has 1 aliphatic heterocycles. The van der Waals surface area contributed by atoms with Crippen LogP contribution in [0.3, 0.4) is 0 Å². The number of anilines is 1. The van der Waals surface area contributed by atoms with Gasteiger partial charge in [0.25, 0.3) is 0 Å². The number of hydrogen-bond donors (Lipinski definition) is 1. The Kier molecular flexibility index (Phi) is 6.17. The maximum atomic E-state index is 12.1. The summed E-state index contributed by atoms with van der Waals surface area (Å²) >= 11 is 0. The van der Waals surface area contributed by atoms with Gasteiger partial charge in [-0.2, -0.15) is 0 Å². The van der Waals surface area contributed by atoms with Crippen molar-refractivity contribution in [3.63, 3.8) is 0 Å². The first-order chi connectivity index (χ1) is 11.4. The summed E-state index contributed by atoms with van der Waals surface area (Å²) in [6.45, 7) is 6.93. The lowest BCUT2D eigenvalue weighted by atomic mass is 10.1. The summed E-state index contributed by atoms with van der Waals surface area (Å²) in [7, 11) is 0. The highest BCUT2D eigenvalue weighted by Gasteiger charge is 2.21. The molecule has 1 aromatic rings. The molecule has 0 radical (unpaired) electrons. The van der Waals surface area contributed by atoms with Crippen LogP contribution in [0.5, 0.6) is 0 Å². The van der Waals surface area contributed by atoms with E-state index in [9.17, 15) is 9.59 Å². The Hall–Kier alpha value is -2.11. The number of carbonyl (C=O) groups is 2. The highest BCUT2D eigenvalue weighted by Crippen LogP contribution is 2.20. The molecule has 1 amide bonds. The molecular weight excluding hydrogens is 306 g/mol. The Morgan fingerprint density at radius 3 is 2.92 bits per heavy atom. The van der Waals surface area contributed by atoms with E-state index in [4.69, 9.17) is 4.74 Å². The molecule has 0 unspecified atom stereocenters. The van der Waals surface area contributed by atoms with E-state index in [1.165, 1.54) is 10.5 Å². The maximum Gasteiger partial charge on any atom is 0.410 e. The lowest BCUT2D eigenvalue weighted by Gasteiger charge is -2.26. The number of nitrogens with zero attached hydrogens (tertiary/aromatic N) is 2. The van der Waals surface area contributed by atoms with E-state index in [1.807, 2.05) is 26.8 Å². The third-order valence-corrected chi connectivity index (χ3v) is 3.76. The number of aromatic nitrogens is 1. The Morgan fingerprint density at radius 1 is 1.42 bits per heavy atom. The number of hydrogen-bond acceptors (Lipinski definition) is 5. The predicted molar refractivity (Wildman–Crippen MR) is 93.2 cm³/mol. The van der Waals surface area contributed by atoms with Gasteiger partial charge in [0, 0.05) is 18.8 Å². The van der Waals surface area contributed by atoms with Crippen LogP contribution in [0.2, 0.25) is 0 Å². The lowest BCUT2D eigenvalue weighted by molar-refractivity contribution is -0.109. The number of carbonyl (C=O) groups excluding carboxylic acids is 2. The van der Waals surface area contributed by atoms with Gasteiger partial charge in [-0.3, -0.25) is 0 Å². The van der Waals surface area contributed by atoms with Crippen molar-refractivity contribution in [3.8, 4) is 0 Å². The topological polar surface area (TPSA) is 71.5 Å². The molecule has 1 aliphatic rings. The highest BCUT2D eigenvalue weighted by atomic mass is 16.6. The van der Waals surface area contributed by atoms with Gasteiger partial charge in [-0.1, -0.05) is 6.07 Å². The van der Waals surface area contributed by atoms with Gasteiger partial charge < -0.3 is 19.7 Å². The van der Waals surface area contributed by atoms with Crippen LogP contribution in [0, 0.1) is 0 Å². The van der Waals surface area contributed by atoms with Crippen LogP contribution in [0.25, 0.3) is 0 Å². The van der Waals surface area contributed by atoms with Crippen LogP contribution >= 0.6 is 0 Å². The number of ether oxygens (including phenoxy) is 1. The number of aldehydes is 1. The zero-order valence-corrected chi connectivity index (χ0v) is 14.8. The van der Waals surface area contributed by atoms with Gasteiger partial charge in [-0.05, 0) is 58.1 Å².